The lowest BCUT2D eigenvalue weighted by Crippen LogP contribution is -2.20. The molecule has 0 saturated heterocycles. The number of benzene rings is 2. The molecular formula is C15H14BrF2NS. The molecule has 2 rings (SSSR count). The predicted molar refractivity (Wildman–Crippen MR) is 83.0 cm³/mol. The molecule has 0 aliphatic rings. The fourth-order valence-electron chi connectivity index (χ4n) is 1.83. The van der Waals surface area contributed by atoms with E-state index in [2.05, 4.69) is 21.2 Å². The Kier molecular flexibility index (Phi) is 5.57. The summed E-state index contributed by atoms with van der Waals surface area (Å²) in [6, 6.07) is 11.9. The number of nitrogens with one attached hydrogen (secondary N) is 1. The van der Waals surface area contributed by atoms with Crippen LogP contribution in [-0.4, -0.2) is 12.8 Å². The van der Waals surface area contributed by atoms with Gasteiger partial charge in [0.2, 0.25) is 0 Å². The van der Waals surface area contributed by atoms with Crippen LogP contribution in [0.2, 0.25) is 0 Å². The van der Waals surface area contributed by atoms with Gasteiger partial charge in [0.1, 0.15) is 0 Å². The zero-order valence-corrected chi connectivity index (χ0v) is 13.3. The van der Waals surface area contributed by atoms with Gasteiger partial charge < -0.3 is 5.32 Å². The van der Waals surface area contributed by atoms with E-state index in [1.54, 1.807) is 24.9 Å². The number of hydrogen-bond donors (Lipinski definition) is 1. The Morgan fingerprint density at radius 1 is 1.15 bits per heavy atom. The van der Waals surface area contributed by atoms with Crippen LogP contribution < -0.4 is 5.32 Å². The van der Waals surface area contributed by atoms with Gasteiger partial charge in [0.15, 0.2) is 11.6 Å². The Balaban J connectivity index is 2.09. The van der Waals surface area contributed by atoms with E-state index in [1.165, 1.54) is 6.07 Å². The van der Waals surface area contributed by atoms with Gasteiger partial charge in [-0.3, -0.25) is 0 Å². The summed E-state index contributed by atoms with van der Waals surface area (Å²) in [6.45, 7) is 0. The van der Waals surface area contributed by atoms with E-state index in [4.69, 9.17) is 0 Å². The Bertz CT molecular complexity index is 575. The van der Waals surface area contributed by atoms with Gasteiger partial charge in [-0.05, 0) is 37.4 Å². The molecular weight excluding hydrogens is 344 g/mol. The Morgan fingerprint density at radius 3 is 2.50 bits per heavy atom. The average molecular weight is 358 g/mol. The molecule has 20 heavy (non-hydrogen) atoms. The smallest absolute Gasteiger partial charge is 0.163 e. The highest BCUT2D eigenvalue weighted by atomic mass is 79.9. The summed E-state index contributed by atoms with van der Waals surface area (Å²) in [7, 11) is 1.75. The number of hydrogen-bond acceptors (Lipinski definition) is 2. The van der Waals surface area contributed by atoms with E-state index in [9.17, 15) is 8.78 Å². The molecule has 0 aliphatic carbocycles. The van der Waals surface area contributed by atoms with Crippen molar-refractivity contribution >= 4 is 27.7 Å². The minimum atomic E-state index is -0.809. The van der Waals surface area contributed by atoms with Crippen LogP contribution in [0.4, 0.5) is 8.78 Å². The lowest BCUT2D eigenvalue weighted by atomic mass is 10.1. The van der Waals surface area contributed by atoms with E-state index in [0.29, 0.717) is 11.3 Å². The molecule has 0 fully saturated rings. The molecule has 0 radical (unpaired) electrons. The van der Waals surface area contributed by atoms with Crippen molar-refractivity contribution in [2.24, 2.45) is 0 Å². The van der Waals surface area contributed by atoms with Gasteiger partial charge in [0.05, 0.1) is 0 Å². The zero-order chi connectivity index (χ0) is 14.5. The third-order valence-electron chi connectivity index (χ3n) is 2.94. The lowest BCUT2D eigenvalue weighted by Gasteiger charge is -2.17. The monoisotopic (exact) mass is 357 g/mol. The normalized spacial score (nSPS) is 12.4. The van der Waals surface area contributed by atoms with Gasteiger partial charge in [-0.15, -0.1) is 11.8 Å². The van der Waals surface area contributed by atoms with Crippen LogP contribution in [-0.2, 0) is 0 Å². The standard InChI is InChI=1S/C15H14BrF2NS/c1-19-14(12-3-2-4-13(17)15(12)18)9-20-11-7-5-10(16)6-8-11/h2-8,14,19H,9H2,1H3. The van der Waals surface area contributed by atoms with E-state index >= 15 is 0 Å². The minimum Gasteiger partial charge on any atom is -0.312 e. The van der Waals surface area contributed by atoms with Crippen molar-refractivity contribution in [3.05, 3.63) is 64.1 Å². The van der Waals surface area contributed by atoms with E-state index in [-0.39, 0.29) is 6.04 Å². The molecule has 1 nitrogen and oxygen atoms in total. The third-order valence-corrected chi connectivity index (χ3v) is 4.57. The summed E-state index contributed by atoms with van der Waals surface area (Å²) in [5.74, 6) is -0.960. The maximum absolute atomic E-state index is 13.8. The van der Waals surface area contributed by atoms with E-state index in [1.807, 2.05) is 24.3 Å². The van der Waals surface area contributed by atoms with Crippen LogP contribution in [0.1, 0.15) is 11.6 Å². The maximum Gasteiger partial charge on any atom is 0.163 e. The molecule has 0 heterocycles. The largest absolute Gasteiger partial charge is 0.312 e. The summed E-state index contributed by atoms with van der Waals surface area (Å²) in [5.41, 5.74) is 0.358. The van der Waals surface area contributed by atoms with E-state index < -0.39 is 11.6 Å². The highest BCUT2D eigenvalue weighted by molar-refractivity contribution is 9.10. The minimum absolute atomic E-state index is 0.237. The second-order valence-electron chi connectivity index (χ2n) is 4.25. The number of halogens is 3. The SMILES string of the molecule is CNC(CSc1ccc(Br)cc1)c1cccc(F)c1F. The third kappa shape index (κ3) is 3.81. The topological polar surface area (TPSA) is 12.0 Å². The van der Waals surface area contributed by atoms with Crippen LogP contribution >= 0.6 is 27.7 Å². The van der Waals surface area contributed by atoms with Crippen molar-refractivity contribution in [3.8, 4) is 0 Å². The molecule has 0 amide bonds. The van der Waals surface area contributed by atoms with Crippen molar-refractivity contribution in [2.45, 2.75) is 10.9 Å². The second kappa shape index (κ2) is 7.20. The Hall–Kier alpha value is -0.910. The highest BCUT2D eigenvalue weighted by Crippen LogP contribution is 2.27. The van der Waals surface area contributed by atoms with Gasteiger partial charge in [-0.1, -0.05) is 28.1 Å². The fraction of sp³-hybridized carbons (Fsp3) is 0.200. The molecule has 0 saturated carbocycles. The van der Waals surface area contributed by atoms with Gasteiger partial charge >= 0.3 is 0 Å². The molecule has 0 spiro atoms. The molecule has 1 N–H and O–H groups in total. The molecule has 0 aromatic heterocycles. The first kappa shape index (κ1) is 15.5. The van der Waals surface area contributed by atoms with Crippen molar-refractivity contribution in [3.63, 3.8) is 0 Å². The van der Waals surface area contributed by atoms with Crippen LogP contribution in [0.3, 0.4) is 0 Å². The molecule has 2 aromatic rings. The maximum atomic E-state index is 13.8. The van der Waals surface area contributed by atoms with Crippen molar-refractivity contribution in [1.82, 2.24) is 5.32 Å². The quantitative estimate of drug-likeness (QED) is 0.772. The summed E-state index contributed by atoms with van der Waals surface area (Å²) >= 11 is 4.98. The lowest BCUT2D eigenvalue weighted by molar-refractivity contribution is 0.484. The first-order valence-corrected chi connectivity index (χ1v) is 7.89. The molecule has 5 heteroatoms. The summed E-state index contributed by atoms with van der Waals surface area (Å²) in [5, 5.41) is 3.03. The highest BCUT2D eigenvalue weighted by Gasteiger charge is 2.16. The first-order chi connectivity index (χ1) is 9.61. The summed E-state index contributed by atoms with van der Waals surface area (Å²) < 4.78 is 28.1. The number of thioether (sulfide) groups is 1. The van der Waals surface area contributed by atoms with Crippen LogP contribution in [0.25, 0.3) is 0 Å². The second-order valence-corrected chi connectivity index (χ2v) is 6.26. The Labute approximate surface area is 129 Å². The van der Waals surface area contributed by atoms with Crippen molar-refractivity contribution in [1.29, 1.82) is 0 Å². The number of rotatable bonds is 5. The van der Waals surface area contributed by atoms with E-state index in [0.717, 1.165) is 15.4 Å². The molecule has 0 aliphatic heterocycles. The van der Waals surface area contributed by atoms with Gasteiger partial charge in [-0.25, -0.2) is 8.78 Å². The zero-order valence-electron chi connectivity index (χ0n) is 10.9. The summed E-state index contributed by atoms with van der Waals surface area (Å²) in [4.78, 5) is 1.09. The molecule has 106 valence electrons. The molecule has 0 bridgehead atoms. The molecule has 2 aromatic carbocycles. The van der Waals surface area contributed by atoms with Crippen molar-refractivity contribution < 1.29 is 8.78 Å². The predicted octanol–water partition coefficient (Wildman–Crippen LogP) is 4.78. The summed E-state index contributed by atoms with van der Waals surface area (Å²) in [6.07, 6.45) is 0. The molecule has 1 atom stereocenters. The first-order valence-electron chi connectivity index (χ1n) is 6.11. The van der Waals surface area contributed by atoms with Gasteiger partial charge in [-0.2, -0.15) is 0 Å². The van der Waals surface area contributed by atoms with Gasteiger partial charge in [0.25, 0.3) is 0 Å². The average Bonchev–Trinajstić information content (AvgIpc) is 2.45. The van der Waals surface area contributed by atoms with Crippen LogP contribution in [0, 0.1) is 11.6 Å². The fourth-order valence-corrected chi connectivity index (χ4v) is 3.13. The van der Waals surface area contributed by atoms with Crippen LogP contribution in [0.5, 0.6) is 0 Å². The van der Waals surface area contributed by atoms with Gasteiger partial charge in [0, 0.05) is 26.7 Å². The Morgan fingerprint density at radius 2 is 1.85 bits per heavy atom. The van der Waals surface area contributed by atoms with Crippen LogP contribution in [0.15, 0.2) is 51.8 Å². The van der Waals surface area contributed by atoms with Crippen molar-refractivity contribution in [2.75, 3.05) is 12.8 Å². The molecule has 1 unspecified atom stereocenters.